The molecule has 22 heavy (non-hydrogen) atoms. The van der Waals surface area contributed by atoms with E-state index in [0.717, 1.165) is 36.8 Å². The molecule has 0 aliphatic heterocycles. The van der Waals surface area contributed by atoms with Gasteiger partial charge in [-0.2, -0.15) is 0 Å². The van der Waals surface area contributed by atoms with Gasteiger partial charge in [-0.25, -0.2) is 0 Å². The molecule has 0 aliphatic carbocycles. The van der Waals surface area contributed by atoms with Crippen molar-refractivity contribution in [2.45, 2.75) is 52.6 Å². The SMILES string of the molecule is CC(C)=CCc1ccc(O)c(C=O)c1/C=C/CCCC(C)O. The van der Waals surface area contributed by atoms with Crippen LogP contribution in [0.25, 0.3) is 6.08 Å². The summed E-state index contributed by atoms with van der Waals surface area (Å²) in [6.45, 7) is 5.85. The summed E-state index contributed by atoms with van der Waals surface area (Å²) in [6, 6.07) is 3.43. The Morgan fingerprint density at radius 1 is 1.27 bits per heavy atom. The largest absolute Gasteiger partial charge is 0.507 e. The van der Waals surface area contributed by atoms with Crippen LogP contribution in [0.5, 0.6) is 5.75 Å². The molecule has 2 N–H and O–H groups in total. The van der Waals surface area contributed by atoms with Crippen molar-refractivity contribution >= 4 is 12.4 Å². The van der Waals surface area contributed by atoms with Gasteiger partial charge in [-0.3, -0.25) is 4.79 Å². The highest BCUT2D eigenvalue weighted by Gasteiger charge is 2.09. The molecule has 1 aromatic rings. The number of allylic oxidation sites excluding steroid dienone is 3. The number of phenolic OH excluding ortho intramolecular Hbond substituents is 1. The van der Waals surface area contributed by atoms with Gasteiger partial charge in [0.2, 0.25) is 0 Å². The molecular weight excluding hydrogens is 276 g/mol. The number of rotatable bonds is 8. The molecule has 1 atom stereocenters. The number of aliphatic hydroxyl groups excluding tert-OH is 1. The lowest BCUT2D eigenvalue weighted by molar-refractivity contribution is 0.112. The Balaban J connectivity index is 2.97. The highest BCUT2D eigenvalue weighted by Crippen LogP contribution is 2.25. The number of carbonyl (C=O) groups excluding carboxylic acids is 1. The fraction of sp³-hybridized carbons (Fsp3) is 0.421. The molecule has 1 aromatic carbocycles. The first kappa shape index (κ1) is 18.2. The first-order valence-electron chi connectivity index (χ1n) is 7.73. The quantitative estimate of drug-likeness (QED) is 0.428. The van der Waals surface area contributed by atoms with Crippen LogP contribution in [-0.2, 0) is 6.42 Å². The van der Waals surface area contributed by atoms with Crippen molar-refractivity contribution in [1.82, 2.24) is 0 Å². The molecule has 0 bridgehead atoms. The van der Waals surface area contributed by atoms with Crippen molar-refractivity contribution in [2.24, 2.45) is 0 Å². The standard InChI is InChI=1S/C19H26O3/c1-14(2)9-10-16-11-12-19(22)18(13-20)17(16)8-6-4-5-7-15(3)21/h6,8-9,11-13,15,21-22H,4-5,7,10H2,1-3H3/b8-6+. The number of hydrogen-bond acceptors (Lipinski definition) is 3. The third kappa shape index (κ3) is 5.86. The highest BCUT2D eigenvalue weighted by atomic mass is 16.3. The fourth-order valence-electron chi connectivity index (χ4n) is 2.22. The second-order valence-electron chi connectivity index (χ2n) is 5.86. The van der Waals surface area contributed by atoms with E-state index in [1.807, 2.05) is 32.1 Å². The zero-order chi connectivity index (χ0) is 16.5. The van der Waals surface area contributed by atoms with E-state index in [2.05, 4.69) is 6.08 Å². The number of hydrogen-bond donors (Lipinski definition) is 2. The molecule has 1 unspecified atom stereocenters. The summed E-state index contributed by atoms with van der Waals surface area (Å²) in [5.74, 6) is 0.0135. The van der Waals surface area contributed by atoms with E-state index in [1.165, 1.54) is 5.57 Å². The first-order chi connectivity index (χ1) is 10.5. The summed E-state index contributed by atoms with van der Waals surface area (Å²) in [7, 11) is 0. The molecule has 0 aromatic heterocycles. The number of aromatic hydroxyl groups is 1. The van der Waals surface area contributed by atoms with Gasteiger partial charge in [-0.15, -0.1) is 0 Å². The number of phenols is 1. The number of aldehydes is 1. The van der Waals surface area contributed by atoms with Crippen LogP contribution in [0, 0.1) is 0 Å². The van der Waals surface area contributed by atoms with Crippen LogP contribution in [0.3, 0.4) is 0 Å². The number of aliphatic hydroxyl groups is 1. The molecular formula is C19H26O3. The third-order valence-electron chi connectivity index (χ3n) is 3.48. The van der Waals surface area contributed by atoms with E-state index in [4.69, 9.17) is 0 Å². The number of carbonyl (C=O) groups is 1. The Bertz CT molecular complexity index is 550. The Morgan fingerprint density at radius 3 is 2.59 bits per heavy atom. The second kappa shape index (κ2) is 9.21. The van der Waals surface area contributed by atoms with Crippen LogP contribution in [0.4, 0.5) is 0 Å². The third-order valence-corrected chi connectivity index (χ3v) is 3.48. The Morgan fingerprint density at radius 2 is 2.00 bits per heavy atom. The molecule has 0 spiro atoms. The van der Waals surface area contributed by atoms with Crippen molar-refractivity contribution in [2.75, 3.05) is 0 Å². The molecule has 0 heterocycles. The van der Waals surface area contributed by atoms with E-state index < -0.39 is 0 Å². The van der Waals surface area contributed by atoms with E-state index in [0.29, 0.717) is 11.8 Å². The first-order valence-corrected chi connectivity index (χ1v) is 7.73. The number of benzene rings is 1. The van der Waals surface area contributed by atoms with Crippen molar-refractivity contribution in [3.63, 3.8) is 0 Å². The Labute approximate surface area is 133 Å². The topological polar surface area (TPSA) is 57.5 Å². The Kier molecular flexibility index (Phi) is 7.61. The highest BCUT2D eigenvalue weighted by molar-refractivity contribution is 5.86. The summed E-state index contributed by atoms with van der Waals surface area (Å²) >= 11 is 0. The average molecular weight is 302 g/mol. The maximum Gasteiger partial charge on any atom is 0.154 e. The van der Waals surface area contributed by atoms with Crippen LogP contribution >= 0.6 is 0 Å². The fourth-order valence-corrected chi connectivity index (χ4v) is 2.22. The van der Waals surface area contributed by atoms with Crippen molar-refractivity contribution < 1.29 is 15.0 Å². The van der Waals surface area contributed by atoms with Crippen LogP contribution in [0.1, 0.15) is 61.5 Å². The normalized spacial score (nSPS) is 12.4. The van der Waals surface area contributed by atoms with E-state index in [9.17, 15) is 15.0 Å². The van der Waals surface area contributed by atoms with Crippen LogP contribution in [0.15, 0.2) is 29.9 Å². The van der Waals surface area contributed by atoms with Crippen molar-refractivity contribution in [3.8, 4) is 5.75 Å². The maximum absolute atomic E-state index is 11.3. The summed E-state index contributed by atoms with van der Waals surface area (Å²) in [6.07, 6.45) is 9.64. The zero-order valence-corrected chi connectivity index (χ0v) is 13.7. The predicted molar refractivity (Wildman–Crippen MR) is 91.2 cm³/mol. The van der Waals surface area contributed by atoms with Crippen molar-refractivity contribution in [3.05, 3.63) is 46.5 Å². The molecule has 3 nitrogen and oxygen atoms in total. The molecule has 0 amide bonds. The minimum atomic E-state index is -0.284. The van der Waals surface area contributed by atoms with Crippen LogP contribution < -0.4 is 0 Å². The molecule has 3 heteroatoms. The van der Waals surface area contributed by atoms with Gasteiger partial charge in [0, 0.05) is 0 Å². The molecule has 1 rings (SSSR count). The zero-order valence-electron chi connectivity index (χ0n) is 13.7. The Hall–Kier alpha value is -1.87. The van der Waals surface area contributed by atoms with Gasteiger partial charge in [-0.05, 0) is 63.6 Å². The summed E-state index contributed by atoms with van der Waals surface area (Å²) in [4.78, 5) is 11.3. The predicted octanol–water partition coefficient (Wildman–Crippen LogP) is 4.28. The molecule has 0 radical (unpaired) electrons. The summed E-state index contributed by atoms with van der Waals surface area (Å²) in [5, 5.41) is 19.1. The maximum atomic E-state index is 11.3. The molecule has 0 fully saturated rings. The van der Waals surface area contributed by atoms with Crippen LogP contribution in [0.2, 0.25) is 0 Å². The van der Waals surface area contributed by atoms with Gasteiger partial charge in [0.05, 0.1) is 11.7 Å². The smallest absolute Gasteiger partial charge is 0.154 e. The van der Waals surface area contributed by atoms with E-state index in [1.54, 1.807) is 13.0 Å². The molecule has 0 aliphatic rings. The minimum Gasteiger partial charge on any atom is -0.507 e. The molecule has 120 valence electrons. The van der Waals surface area contributed by atoms with Gasteiger partial charge < -0.3 is 10.2 Å². The van der Waals surface area contributed by atoms with E-state index in [-0.39, 0.29) is 11.9 Å². The number of unbranched alkanes of at least 4 members (excludes halogenated alkanes) is 1. The lowest BCUT2D eigenvalue weighted by Crippen LogP contribution is -1.97. The monoisotopic (exact) mass is 302 g/mol. The molecule has 0 saturated carbocycles. The van der Waals surface area contributed by atoms with Crippen LogP contribution in [-0.4, -0.2) is 22.6 Å². The van der Waals surface area contributed by atoms with Gasteiger partial charge in [-0.1, -0.05) is 29.9 Å². The summed E-state index contributed by atoms with van der Waals surface area (Å²) < 4.78 is 0. The van der Waals surface area contributed by atoms with E-state index >= 15 is 0 Å². The average Bonchev–Trinajstić information content (AvgIpc) is 2.45. The lowest BCUT2D eigenvalue weighted by Gasteiger charge is -2.09. The summed E-state index contributed by atoms with van der Waals surface area (Å²) in [5.41, 5.74) is 3.36. The molecule has 0 saturated heterocycles. The van der Waals surface area contributed by atoms with Gasteiger partial charge in [0.15, 0.2) is 6.29 Å². The minimum absolute atomic E-state index is 0.0135. The van der Waals surface area contributed by atoms with Crippen molar-refractivity contribution in [1.29, 1.82) is 0 Å². The van der Waals surface area contributed by atoms with Gasteiger partial charge in [0.25, 0.3) is 0 Å². The lowest BCUT2D eigenvalue weighted by atomic mass is 9.97. The van der Waals surface area contributed by atoms with Gasteiger partial charge >= 0.3 is 0 Å². The second-order valence-corrected chi connectivity index (χ2v) is 5.86. The van der Waals surface area contributed by atoms with Gasteiger partial charge in [0.1, 0.15) is 5.75 Å².